The molecule has 2 rings (SSSR count). The first-order valence-corrected chi connectivity index (χ1v) is 9.45. The summed E-state index contributed by atoms with van der Waals surface area (Å²) < 4.78 is 6.03. The van der Waals surface area contributed by atoms with Crippen LogP contribution in [-0.4, -0.2) is 27.2 Å². The van der Waals surface area contributed by atoms with Crippen molar-refractivity contribution in [3.05, 3.63) is 24.3 Å². The van der Waals surface area contributed by atoms with Crippen molar-refractivity contribution in [2.24, 2.45) is 11.3 Å². The molecule has 0 radical (unpaired) electrons. The summed E-state index contributed by atoms with van der Waals surface area (Å²) in [4.78, 5) is 0. The average Bonchev–Trinajstić information content (AvgIpc) is 3.10. The second-order valence-corrected chi connectivity index (χ2v) is 8.05. The standard InChI is InChI=1S/C20H32N4O/c1-5-8-16(9-6-7-14-20(2,3)4)15-25-18-12-10-17(11-13-18)19-21-23-24-22-19/h10-13,16H,5-9,14-15H2,1-4H3,(H,21,22,23,24). The molecule has 25 heavy (non-hydrogen) atoms. The summed E-state index contributed by atoms with van der Waals surface area (Å²) in [7, 11) is 0. The number of nitrogens with zero attached hydrogens (tertiary/aromatic N) is 3. The van der Waals surface area contributed by atoms with E-state index >= 15 is 0 Å². The minimum atomic E-state index is 0.442. The highest BCUT2D eigenvalue weighted by atomic mass is 16.5. The van der Waals surface area contributed by atoms with Gasteiger partial charge in [-0.05, 0) is 65.3 Å². The molecular formula is C20H32N4O. The van der Waals surface area contributed by atoms with Crippen LogP contribution in [0, 0.1) is 11.3 Å². The van der Waals surface area contributed by atoms with Gasteiger partial charge in [0, 0.05) is 5.56 Å². The number of aromatic amines is 1. The molecule has 0 bridgehead atoms. The van der Waals surface area contributed by atoms with Crippen LogP contribution in [0.1, 0.15) is 66.2 Å². The first kappa shape index (κ1) is 19.4. The van der Waals surface area contributed by atoms with E-state index in [2.05, 4.69) is 48.3 Å². The first-order chi connectivity index (χ1) is 12.0. The van der Waals surface area contributed by atoms with E-state index in [0.29, 0.717) is 17.2 Å². The zero-order valence-corrected chi connectivity index (χ0v) is 16.1. The molecule has 0 spiro atoms. The summed E-state index contributed by atoms with van der Waals surface area (Å²) in [5.74, 6) is 2.23. The molecule has 0 saturated heterocycles. The smallest absolute Gasteiger partial charge is 0.179 e. The van der Waals surface area contributed by atoms with Gasteiger partial charge in [0.05, 0.1) is 6.61 Å². The Balaban J connectivity index is 1.77. The van der Waals surface area contributed by atoms with Crippen molar-refractivity contribution in [3.8, 4) is 17.1 Å². The van der Waals surface area contributed by atoms with Crippen molar-refractivity contribution in [2.75, 3.05) is 6.61 Å². The lowest BCUT2D eigenvalue weighted by Gasteiger charge is -2.20. The fourth-order valence-corrected chi connectivity index (χ4v) is 3.01. The molecule has 0 aliphatic rings. The van der Waals surface area contributed by atoms with Gasteiger partial charge in [0.25, 0.3) is 0 Å². The lowest BCUT2D eigenvalue weighted by atomic mass is 9.88. The summed E-state index contributed by atoms with van der Waals surface area (Å²) in [6.45, 7) is 10.0. The van der Waals surface area contributed by atoms with Crippen molar-refractivity contribution in [1.82, 2.24) is 20.6 Å². The highest BCUT2D eigenvalue weighted by Gasteiger charge is 2.12. The van der Waals surface area contributed by atoms with Crippen LogP contribution in [0.2, 0.25) is 0 Å². The molecule has 1 unspecified atom stereocenters. The van der Waals surface area contributed by atoms with Crippen LogP contribution in [0.3, 0.4) is 0 Å². The third-order valence-corrected chi connectivity index (χ3v) is 4.44. The normalized spacial score (nSPS) is 13.0. The lowest BCUT2D eigenvalue weighted by Crippen LogP contribution is -2.12. The zero-order valence-electron chi connectivity index (χ0n) is 16.1. The summed E-state index contributed by atoms with van der Waals surface area (Å²) in [5, 5.41) is 13.9. The summed E-state index contributed by atoms with van der Waals surface area (Å²) in [6.07, 6.45) is 7.60. The Kier molecular flexibility index (Phi) is 7.41. The lowest BCUT2D eigenvalue weighted by molar-refractivity contribution is 0.224. The Labute approximate surface area is 151 Å². The van der Waals surface area contributed by atoms with Crippen molar-refractivity contribution in [3.63, 3.8) is 0 Å². The zero-order chi connectivity index (χ0) is 18.1. The number of nitrogens with one attached hydrogen (secondary N) is 1. The van der Waals surface area contributed by atoms with Crippen molar-refractivity contribution >= 4 is 0 Å². The summed E-state index contributed by atoms with van der Waals surface area (Å²) in [5.41, 5.74) is 1.40. The maximum Gasteiger partial charge on any atom is 0.179 e. The van der Waals surface area contributed by atoms with E-state index in [1.54, 1.807) is 0 Å². The van der Waals surface area contributed by atoms with Crippen LogP contribution >= 0.6 is 0 Å². The quantitative estimate of drug-likeness (QED) is 0.596. The first-order valence-electron chi connectivity index (χ1n) is 9.45. The Morgan fingerprint density at radius 3 is 2.44 bits per heavy atom. The fraction of sp³-hybridized carbons (Fsp3) is 0.650. The number of rotatable bonds is 10. The third-order valence-electron chi connectivity index (χ3n) is 4.44. The predicted octanol–water partition coefficient (Wildman–Crippen LogP) is 5.27. The summed E-state index contributed by atoms with van der Waals surface area (Å²) >= 11 is 0. The number of unbranched alkanes of at least 4 members (excludes halogenated alkanes) is 1. The van der Waals surface area contributed by atoms with E-state index in [1.807, 2.05) is 24.3 Å². The van der Waals surface area contributed by atoms with Crippen LogP contribution in [-0.2, 0) is 0 Å². The van der Waals surface area contributed by atoms with Crippen molar-refractivity contribution in [1.29, 1.82) is 0 Å². The Bertz CT molecular complexity index is 587. The fourth-order valence-electron chi connectivity index (χ4n) is 3.01. The van der Waals surface area contributed by atoms with Crippen LogP contribution < -0.4 is 4.74 Å². The Morgan fingerprint density at radius 2 is 1.84 bits per heavy atom. The van der Waals surface area contributed by atoms with Gasteiger partial charge in [-0.3, -0.25) is 0 Å². The van der Waals surface area contributed by atoms with E-state index in [0.717, 1.165) is 17.9 Å². The monoisotopic (exact) mass is 344 g/mol. The highest BCUT2D eigenvalue weighted by Crippen LogP contribution is 2.25. The van der Waals surface area contributed by atoms with Gasteiger partial charge < -0.3 is 4.74 Å². The largest absolute Gasteiger partial charge is 0.493 e. The molecule has 0 aliphatic carbocycles. The molecule has 0 aliphatic heterocycles. The topological polar surface area (TPSA) is 63.7 Å². The van der Waals surface area contributed by atoms with E-state index in [-0.39, 0.29) is 0 Å². The number of hydrogen-bond acceptors (Lipinski definition) is 4. The molecule has 5 nitrogen and oxygen atoms in total. The van der Waals surface area contributed by atoms with E-state index in [9.17, 15) is 0 Å². The van der Waals surface area contributed by atoms with Gasteiger partial charge in [0.1, 0.15) is 5.75 Å². The molecule has 0 fully saturated rings. The molecular weight excluding hydrogens is 312 g/mol. The average molecular weight is 345 g/mol. The van der Waals surface area contributed by atoms with Gasteiger partial charge in [0.15, 0.2) is 5.82 Å². The van der Waals surface area contributed by atoms with Gasteiger partial charge in [-0.25, -0.2) is 5.10 Å². The number of tetrazole rings is 1. The van der Waals surface area contributed by atoms with Crippen LogP contribution in [0.25, 0.3) is 11.4 Å². The molecule has 5 heteroatoms. The SMILES string of the molecule is CCCC(CCCCC(C)(C)C)COc1ccc(-c2nnn[nH]2)cc1. The van der Waals surface area contributed by atoms with Gasteiger partial charge >= 0.3 is 0 Å². The summed E-state index contributed by atoms with van der Waals surface area (Å²) in [6, 6.07) is 7.94. The molecule has 1 aromatic heterocycles. The van der Waals surface area contributed by atoms with Gasteiger partial charge in [-0.2, -0.15) is 0 Å². The van der Waals surface area contributed by atoms with Crippen LogP contribution in [0.15, 0.2) is 24.3 Å². The van der Waals surface area contributed by atoms with Gasteiger partial charge in [0.2, 0.25) is 0 Å². The number of H-pyrrole nitrogens is 1. The van der Waals surface area contributed by atoms with Crippen molar-refractivity contribution < 1.29 is 4.74 Å². The highest BCUT2D eigenvalue weighted by molar-refractivity contribution is 5.54. The second kappa shape index (κ2) is 9.54. The number of ether oxygens (including phenoxy) is 1. The van der Waals surface area contributed by atoms with Crippen LogP contribution in [0.4, 0.5) is 0 Å². The Hall–Kier alpha value is -1.91. The molecule has 0 saturated carbocycles. The minimum Gasteiger partial charge on any atom is -0.493 e. The Morgan fingerprint density at radius 1 is 1.08 bits per heavy atom. The molecule has 1 N–H and O–H groups in total. The van der Waals surface area contributed by atoms with E-state index in [1.165, 1.54) is 38.5 Å². The third kappa shape index (κ3) is 7.24. The maximum atomic E-state index is 6.03. The second-order valence-electron chi connectivity index (χ2n) is 8.05. The molecule has 138 valence electrons. The number of hydrogen-bond donors (Lipinski definition) is 1. The maximum absolute atomic E-state index is 6.03. The van der Waals surface area contributed by atoms with E-state index < -0.39 is 0 Å². The molecule has 0 amide bonds. The predicted molar refractivity (Wildman–Crippen MR) is 101 cm³/mol. The number of benzene rings is 1. The molecule has 1 aromatic carbocycles. The van der Waals surface area contributed by atoms with Gasteiger partial charge in [-0.1, -0.05) is 47.0 Å². The van der Waals surface area contributed by atoms with Crippen LogP contribution in [0.5, 0.6) is 5.75 Å². The minimum absolute atomic E-state index is 0.442. The molecule has 2 aromatic rings. The molecule has 1 heterocycles. The number of aromatic nitrogens is 4. The van der Waals surface area contributed by atoms with E-state index in [4.69, 9.17) is 4.74 Å². The van der Waals surface area contributed by atoms with Gasteiger partial charge in [-0.15, -0.1) is 5.10 Å². The molecule has 1 atom stereocenters. The van der Waals surface area contributed by atoms with Crippen molar-refractivity contribution in [2.45, 2.75) is 66.2 Å².